The van der Waals surface area contributed by atoms with Crippen molar-refractivity contribution in [1.29, 1.82) is 0 Å². The Balaban J connectivity index is 2.71. The number of alkyl carbamates (subject to hydrolysis) is 1. The first kappa shape index (κ1) is 16.1. The van der Waals surface area contributed by atoms with E-state index < -0.39 is 35.7 Å². The van der Waals surface area contributed by atoms with Crippen LogP contribution < -0.4 is 5.32 Å². The van der Waals surface area contributed by atoms with E-state index in [1.807, 2.05) is 0 Å². The van der Waals surface area contributed by atoms with Crippen molar-refractivity contribution in [2.75, 3.05) is 0 Å². The van der Waals surface area contributed by atoms with Crippen molar-refractivity contribution in [3.05, 3.63) is 10.4 Å². The predicted molar refractivity (Wildman–Crippen MR) is 71.1 cm³/mol. The van der Waals surface area contributed by atoms with Gasteiger partial charge in [-0.05, 0) is 45.6 Å². The molecule has 1 amide bonds. The molecule has 8 heteroatoms. The number of nitrogens with zero attached hydrogens (tertiary/aromatic N) is 3. The minimum absolute atomic E-state index is 0.234. The first-order chi connectivity index (χ1) is 9.23. The van der Waals surface area contributed by atoms with Crippen LogP contribution in [0.2, 0.25) is 0 Å². The molecule has 1 aliphatic carbocycles. The Morgan fingerprint density at radius 1 is 1.40 bits per heavy atom. The van der Waals surface area contributed by atoms with Crippen LogP contribution in [-0.4, -0.2) is 34.9 Å². The minimum atomic E-state index is -0.902. The summed E-state index contributed by atoms with van der Waals surface area (Å²) in [7, 11) is 0. The van der Waals surface area contributed by atoms with E-state index in [2.05, 4.69) is 15.3 Å². The fraction of sp³-hybridized carbons (Fsp3) is 0.833. The van der Waals surface area contributed by atoms with Crippen LogP contribution in [-0.2, 0) is 9.53 Å². The van der Waals surface area contributed by atoms with Gasteiger partial charge in [0.15, 0.2) is 0 Å². The monoisotopic (exact) mass is 284 g/mol. The number of amides is 1. The average molecular weight is 284 g/mol. The molecular weight excluding hydrogens is 264 g/mol. The molecule has 0 radical (unpaired) electrons. The number of carboxylic acid groups (broad SMARTS) is 1. The molecule has 112 valence electrons. The van der Waals surface area contributed by atoms with Gasteiger partial charge in [0.25, 0.3) is 0 Å². The molecule has 0 saturated heterocycles. The number of nitrogens with one attached hydrogen (secondary N) is 1. The summed E-state index contributed by atoms with van der Waals surface area (Å²) >= 11 is 0. The standard InChI is InChI=1S/C12H20N4O4/c1-12(2,3)20-11(19)14-9-6-7(10(17)18)4-5-8(9)15-16-13/h7-9H,4-6H2,1-3H3,(H,14,19)(H,17,18)/t7-,8?,9+/m0/s1. The van der Waals surface area contributed by atoms with Gasteiger partial charge < -0.3 is 15.2 Å². The van der Waals surface area contributed by atoms with E-state index >= 15 is 0 Å². The lowest BCUT2D eigenvalue weighted by molar-refractivity contribution is -0.143. The first-order valence-electron chi connectivity index (χ1n) is 6.49. The second-order valence-electron chi connectivity index (χ2n) is 5.87. The fourth-order valence-corrected chi connectivity index (χ4v) is 2.20. The molecule has 1 rings (SSSR count). The number of ether oxygens (including phenoxy) is 1. The molecule has 2 N–H and O–H groups in total. The van der Waals surface area contributed by atoms with Gasteiger partial charge >= 0.3 is 12.1 Å². The summed E-state index contributed by atoms with van der Waals surface area (Å²) in [4.78, 5) is 25.5. The second kappa shape index (κ2) is 6.47. The highest BCUT2D eigenvalue weighted by molar-refractivity contribution is 5.71. The number of azide groups is 1. The number of aliphatic carboxylic acids is 1. The van der Waals surface area contributed by atoms with Gasteiger partial charge in [0, 0.05) is 11.0 Å². The van der Waals surface area contributed by atoms with E-state index in [1.165, 1.54) is 0 Å². The Morgan fingerprint density at radius 2 is 2.05 bits per heavy atom. The van der Waals surface area contributed by atoms with Gasteiger partial charge in [0.05, 0.1) is 12.0 Å². The lowest BCUT2D eigenvalue weighted by Gasteiger charge is -2.33. The number of hydrogen-bond acceptors (Lipinski definition) is 4. The second-order valence-corrected chi connectivity index (χ2v) is 5.87. The van der Waals surface area contributed by atoms with Crippen molar-refractivity contribution < 1.29 is 19.4 Å². The molecule has 0 spiro atoms. The van der Waals surface area contributed by atoms with Crippen LogP contribution in [0.4, 0.5) is 4.79 Å². The summed E-state index contributed by atoms with van der Waals surface area (Å²) in [5, 5.41) is 15.3. The third kappa shape index (κ3) is 4.97. The maximum Gasteiger partial charge on any atom is 0.407 e. The molecule has 1 fully saturated rings. The molecular formula is C12H20N4O4. The highest BCUT2D eigenvalue weighted by Crippen LogP contribution is 2.27. The number of carbonyl (C=O) groups is 2. The summed E-state index contributed by atoms with van der Waals surface area (Å²) in [5.41, 5.74) is 7.89. The maximum absolute atomic E-state index is 11.7. The number of hydrogen-bond donors (Lipinski definition) is 2. The van der Waals surface area contributed by atoms with Crippen LogP contribution in [0, 0.1) is 5.92 Å². The molecule has 1 saturated carbocycles. The number of carbonyl (C=O) groups excluding carboxylic acids is 1. The van der Waals surface area contributed by atoms with Gasteiger partial charge in [-0.3, -0.25) is 4.79 Å². The molecule has 3 atom stereocenters. The fourth-order valence-electron chi connectivity index (χ4n) is 2.20. The van der Waals surface area contributed by atoms with E-state index in [-0.39, 0.29) is 6.42 Å². The van der Waals surface area contributed by atoms with E-state index in [9.17, 15) is 9.59 Å². The zero-order valence-electron chi connectivity index (χ0n) is 11.9. The lowest BCUT2D eigenvalue weighted by Crippen LogP contribution is -2.48. The topological polar surface area (TPSA) is 124 Å². The van der Waals surface area contributed by atoms with Crippen LogP contribution in [0.5, 0.6) is 0 Å². The predicted octanol–water partition coefficient (Wildman–Crippen LogP) is 2.44. The Bertz CT molecular complexity index is 426. The zero-order valence-corrected chi connectivity index (χ0v) is 11.9. The third-order valence-electron chi connectivity index (χ3n) is 3.07. The van der Waals surface area contributed by atoms with Crippen molar-refractivity contribution in [3.63, 3.8) is 0 Å². The molecule has 1 aliphatic rings. The van der Waals surface area contributed by atoms with E-state index in [0.717, 1.165) is 0 Å². The largest absolute Gasteiger partial charge is 0.481 e. The normalized spacial score (nSPS) is 26.2. The summed E-state index contributed by atoms with van der Waals surface area (Å²) in [6.07, 6.45) is 0.470. The Labute approximate surface area is 117 Å². The van der Waals surface area contributed by atoms with Gasteiger partial charge in [-0.25, -0.2) is 4.79 Å². The molecule has 0 bridgehead atoms. The zero-order chi connectivity index (χ0) is 15.3. The van der Waals surface area contributed by atoms with Gasteiger partial charge in [0.2, 0.25) is 0 Å². The Hall–Kier alpha value is -1.95. The summed E-state index contributed by atoms with van der Waals surface area (Å²) in [6, 6.07) is -0.960. The number of carboxylic acids is 1. The molecule has 1 unspecified atom stereocenters. The SMILES string of the molecule is CC(C)(C)OC(=O)N[C@@H]1C[C@@H](C(=O)O)CCC1N=[N+]=[N-]. The highest BCUT2D eigenvalue weighted by Gasteiger charge is 2.35. The maximum atomic E-state index is 11.7. The first-order valence-corrected chi connectivity index (χ1v) is 6.49. The van der Waals surface area contributed by atoms with Gasteiger partial charge in [-0.2, -0.15) is 0 Å². The molecule has 8 nitrogen and oxygen atoms in total. The molecule has 0 aromatic heterocycles. The van der Waals surface area contributed by atoms with Crippen molar-refractivity contribution in [1.82, 2.24) is 5.32 Å². The van der Waals surface area contributed by atoms with Gasteiger partial charge in [-0.15, -0.1) is 0 Å². The summed E-state index contributed by atoms with van der Waals surface area (Å²) in [5.74, 6) is -1.44. The van der Waals surface area contributed by atoms with Crippen molar-refractivity contribution in [3.8, 4) is 0 Å². The van der Waals surface area contributed by atoms with Crippen LogP contribution in [0.15, 0.2) is 5.11 Å². The molecule has 0 aromatic rings. The third-order valence-corrected chi connectivity index (χ3v) is 3.07. The van der Waals surface area contributed by atoms with E-state index in [0.29, 0.717) is 12.8 Å². The van der Waals surface area contributed by atoms with Crippen molar-refractivity contribution in [2.45, 2.75) is 57.7 Å². The average Bonchev–Trinajstić information content (AvgIpc) is 2.28. The van der Waals surface area contributed by atoms with Crippen LogP contribution in [0.3, 0.4) is 0 Å². The van der Waals surface area contributed by atoms with Gasteiger partial charge in [0.1, 0.15) is 5.60 Å². The van der Waals surface area contributed by atoms with Crippen LogP contribution in [0.25, 0.3) is 10.4 Å². The summed E-state index contributed by atoms with van der Waals surface area (Å²) in [6.45, 7) is 5.20. The Kier molecular flexibility index (Phi) is 5.21. The molecule has 0 aromatic carbocycles. The van der Waals surface area contributed by atoms with Crippen molar-refractivity contribution in [2.24, 2.45) is 11.0 Å². The minimum Gasteiger partial charge on any atom is -0.481 e. The highest BCUT2D eigenvalue weighted by atomic mass is 16.6. The van der Waals surface area contributed by atoms with E-state index in [1.54, 1.807) is 20.8 Å². The number of rotatable bonds is 3. The lowest BCUT2D eigenvalue weighted by atomic mass is 9.83. The molecule has 20 heavy (non-hydrogen) atoms. The summed E-state index contributed by atoms with van der Waals surface area (Å²) < 4.78 is 5.13. The van der Waals surface area contributed by atoms with Crippen LogP contribution in [0.1, 0.15) is 40.0 Å². The molecule has 0 aliphatic heterocycles. The molecule has 0 heterocycles. The van der Waals surface area contributed by atoms with Gasteiger partial charge in [-0.1, -0.05) is 5.11 Å². The quantitative estimate of drug-likeness (QED) is 0.469. The Morgan fingerprint density at radius 3 is 2.55 bits per heavy atom. The van der Waals surface area contributed by atoms with E-state index in [4.69, 9.17) is 15.4 Å². The smallest absolute Gasteiger partial charge is 0.407 e. The van der Waals surface area contributed by atoms with Crippen LogP contribution >= 0.6 is 0 Å². The van der Waals surface area contributed by atoms with Crippen molar-refractivity contribution >= 4 is 12.1 Å².